The van der Waals surface area contributed by atoms with Gasteiger partial charge in [0.25, 0.3) is 0 Å². The molecule has 0 atom stereocenters. The molecule has 3 heterocycles. The van der Waals surface area contributed by atoms with Gasteiger partial charge < -0.3 is 15.0 Å². The number of benzene rings is 3. The number of hydrogen-bond acceptors (Lipinski definition) is 3. The van der Waals surface area contributed by atoms with Crippen molar-refractivity contribution < 1.29 is 13.9 Å². The fraction of sp³-hybridized carbons (Fsp3) is 0.250. The average Bonchev–Trinajstić information content (AvgIpc) is 2.98. The monoisotopic (exact) mass is 440 g/mol. The highest BCUT2D eigenvalue weighted by Crippen LogP contribution is 2.46. The van der Waals surface area contributed by atoms with Crippen LogP contribution < -0.4 is 10.1 Å². The topological polar surface area (TPSA) is 41.6 Å². The van der Waals surface area contributed by atoms with Gasteiger partial charge in [0.2, 0.25) is 5.91 Å². The summed E-state index contributed by atoms with van der Waals surface area (Å²) in [6.07, 6.45) is 3.79. The Labute approximate surface area is 192 Å². The maximum Gasteiger partial charge on any atom is 0.235 e. The number of amides is 1. The number of nitrogens with zero attached hydrogens (tertiary/aromatic N) is 1. The molecule has 5 heteroatoms. The van der Waals surface area contributed by atoms with Crippen molar-refractivity contribution in [1.82, 2.24) is 4.90 Å². The summed E-state index contributed by atoms with van der Waals surface area (Å²) in [5, 5.41) is 3.15. The number of rotatable bonds is 1. The van der Waals surface area contributed by atoms with E-state index in [2.05, 4.69) is 47.6 Å². The lowest BCUT2D eigenvalue weighted by atomic mass is 9.73. The molecule has 3 aliphatic rings. The number of fused-ring (bicyclic) bond motifs is 4. The van der Waals surface area contributed by atoms with Crippen LogP contribution in [0, 0.1) is 5.82 Å². The van der Waals surface area contributed by atoms with Crippen molar-refractivity contribution in [3.05, 3.63) is 94.3 Å². The predicted molar refractivity (Wildman–Crippen MR) is 128 cm³/mol. The fourth-order valence-electron chi connectivity index (χ4n) is 5.40. The molecule has 33 heavy (non-hydrogen) atoms. The Morgan fingerprint density at radius 3 is 2.70 bits per heavy atom. The van der Waals surface area contributed by atoms with Crippen molar-refractivity contribution in [3.63, 3.8) is 0 Å². The first kappa shape index (κ1) is 20.2. The largest absolute Gasteiger partial charge is 0.488 e. The Morgan fingerprint density at radius 2 is 1.85 bits per heavy atom. The highest BCUT2D eigenvalue weighted by Gasteiger charge is 2.47. The Balaban J connectivity index is 1.46. The quantitative estimate of drug-likeness (QED) is 0.564. The van der Waals surface area contributed by atoms with Gasteiger partial charge in [0.15, 0.2) is 0 Å². The van der Waals surface area contributed by atoms with Gasteiger partial charge in [-0.2, -0.15) is 0 Å². The third-order valence-electron chi connectivity index (χ3n) is 7.32. The van der Waals surface area contributed by atoms with Gasteiger partial charge in [-0.15, -0.1) is 0 Å². The zero-order valence-corrected chi connectivity index (χ0v) is 18.5. The van der Waals surface area contributed by atoms with E-state index in [1.807, 2.05) is 18.2 Å². The molecular weight excluding hydrogens is 415 g/mol. The molecule has 0 radical (unpaired) electrons. The molecule has 0 saturated carbocycles. The van der Waals surface area contributed by atoms with Crippen molar-refractivity contribution in [2.24, 2.45) is 0 Å². The molecule has 1 spiro atoms. The second-order valence-corrected chi connectivity index (χ2v) is 9.29. The summed E-state index contributed by atoms with van der Waals surface area (Å²) in [5.41, 5.74) is 6.54. The lowest BCUT2D eigenvalue weighted by molar-refractivity contribution is -0.122. The van der Waals surface area contributed by atoms with E-state index in [0.29, 0.717) is 12.4 Å². The van der Waals surface area contributed by atoms with E-state index >= 15 is 0 Å². The van der Waals surface area contributed by atoms with Gasteiger partial charge in [0, 0.05) is 17.3 Å². The van der Waals surface area contributed by atoms with Gasteiger partial charge >= 0.3 is 0 Å². The van der Waals surface area contributed by atoms with E-state index in [9.17, 15) is 9.18 Å². The number of ether oxygens (including phenoxy) is 1. The lowest BCUT2D eigenvalue weighted by Gasteiger charge is -2.36. The molecule has 6 rings (SSSR count). The third kappa shape index (κ3) is 3.26. The Morgan fingerprint density at radius 1 is 1.03 bits per heavy atom. The van der Waals surface area contributed by atoms with E-state index in [1.165, 1.54) is 12.1 Å². The summed E-state index contributed by atoms with van der Waals surface area (Å²) in [6, 6.07) is 19.1. The van der Waals surface area contributed by atoms with E-state index in [-0.39, 0.29) is 11.7 Å². The molecule has 0 bridgehead atoms. The van der Waals surface area contributed by atoms with Crippen LogP contribution in [0.2, 0.25) is 0 Å². The molecule has 1 saturated heterocycles. The van der Waals surface area contributed by atoms with Crippen LogP contribution in [0.4, 0.5) is 10.1 Å². The van der Waals surface area contributed by atoms with Crippen LogP contribution in [0.25, 0.3) is 11.6 Å². The zero-order valence-electron chi connectivity index (χ0n) is 18.5. The first-order valence-corrected chi connectivity index (χ1v) is 11.4. The molecule has 1 fully saturated rings. The molecule has 3 aromatic carbocycles. The van der Waals surface area contributed by atoms with Crippen LogP contribution in [0.15, 0.2) is 60.7 Å². The van der Waals surface area contributed by atoms with Crippen molar-refractivity contribution in [2.45, 2.75) is 24.9 Å². The Kier molecular flexibility index (Phi) is 4.63. The smallest absolute Gasteiger partial charge is 0.235 e. The molecule has 4 nitrogen and oxygen atoms in total. The molecule has 0 aromatic heterocycles. The summed E-state index contributed by atoms with van der Waals surface area (Å²) in [5.74, 6) is 0.337. The standard InChI is InChI=1S/C28H25FN2O2/c1-31-12-10-28(11-13-31)24-9-6-18(15-25(24)30-27(28)32)14-23-21-5-3-2-4-19(21)17-33-26-16-20(29)7-8-22(23)26/h2-9,14-16H,10-13,17H2,1H3,(H,30,32)/b23-14+. The molecular formula is C28H25FN2O2. The van der Waals surface area contributed by atoms with Crippen LogP contribution in [-0.4, -0.2) is 30.9 Å². The second-order valence-electron chi connectivity index (χ2n) is 9.29. The number of piperidine rings is 1. The molecule has 1 amide bonds. The Hall–Kier alpha value is -3.44. The molecule has 0 unspecified atom stereocenters. The summed E-state index contributed by atoms with van der Waals surface area (Å²) in [6.45, 7) is 2.23. The van der Waals surface area contributed by atoms with E-state index in [4.69, 9.17) is 4.74 Å². The molecule has 3 aliphatic heterocycles. The molecule has 1 N–H and O–H groups in total. The number of likely N-dealkylation sites (tertiary alicyclic amines) is 1. The van der Waals surface area contributed by atoms with Gasteiger partial charge in [-0.05, 0) is 85.1 Å². The maximum absolute atomic E-state index is 14.0. The number of halogens is 1. The van der Waals surface area contributed by atoms with E-state index < -0.39 is 5.41 Å². The minimum Gasteiger partial charge on any atom is -0.488 e. The van der Waals surface area contributed by atoms with Crippen molar-refractivity contribution >= 4 is 23.2 Å². The number of nitrogens with one attached hydrogen (secondary N) is 1. The number of anilines is 1. The molecule has 3 aromatic rings. The van der Waals surface area contributed by atoms with E-state index in [0.717, 1.165) is 65.0 Å². The second kappa shape index (κ2) is 7.56. The summed E-state index contributed by atoms with van der Waals surface area (Å²) in [7, 11) is 2.11. The SMILES string of the molecule is CN1CCC2(CC1)C(=O)Nc1cc(/C=C3\c4ccccc4COc4cc(F)ccc43)ccc12. The number of carbonyl (C=O) groups excluding carboxylic acids is 1. The first-order chi connectivity index (χ1) is 16.0. The van der Waals surface area contributed by atoms with Crippen LogP contribution in [0.5, 0.6) is 5.75 Å². The number of hydrogen-bond donors (Lipinski definition) is 1. The van der Waals surface area contributed by atoms with Crippen molar-refractivity contribution in [1.29, 1.82) is 0 Å². The predicted octanol–water partition coefficient (Wildman–Crippen LogP) is 5.22. The zero-order chi connectivity index (χ0) is 22.6. The molecule has 0 aliphatic carbocycles. The minimum absolute atomic E-state index is 0.115. The number of carbonyl (C=O) groups is 1. The van der Waals surface area contributed by atoms with Gasteiger partial charge in [-0.3, -0.25) is 4.79 Å². The van der Waals surface area contributed by atoms with Crippen LogP contribution >= 0.6 is 0 Å². The van der Waals surface area contributed by atoms with Crippen LogP contribution in [0.3, 0.4) is 0 Å². The van der Waals surface area contributed by atoms with Crippen molar-refractivity contribution in [3.8, 4) is 5.75 Å². The van der Waals surface area contributed by atoms with Gasteiger partial charge in [0.1, 0.15) is 18.2 Å². The van der Waals surface area contributed by atoms with Gasteiger partial charge in [-0.25, -0.2) is 4.39 Å². The van der Waals surface area contributed by atoms with Crippen LogP contribution in [-0.2, 0) is 16.8 Å². The normalized spacial score (nSPS) is 19.9. The highest BCUT2D eigenvalue weighted by atomic mass is 19.1. The van der Waals surface area contributed by atoms with Gasteiger partial charge in [0.05, 0.1) is 5.41 Å². The summed E-state index contributed by atoms with van der Waals surface area (Å²) < 4.78 is 19.9. The Bertz CT molecular complexity index is 1300. The van der Waals surface area contributed by atoms with Crippen molar-refractivity contribution in [2.75, 3.05) is 25.5 Å². The highest BCUT2D eigenvalue weighted by molar-refractivity contribution is 6.07. The third-order valence-corrected chi connectivity index (χ3v) is 7.32. The fourth-order valence-corrected chi connectivity index (χ4v) is 5.40. The van der Waals surface area contributed by atoms with E-state index in [1.54, 1.807) is 6.07 Å². The van der Waals surface area contributed by atoms with Gasteiger partial charge in [-0.1, -0.05) is 36.4 Å². The lowest BCUT2D eigenvalue weighted by Crippen LogP contribution is -2.45. The summed E-state index contributed by atoms with van der Waals surface area (Å²) >= 11 is 0. The van der Waals surface area contributed by atoms with Crippen LogP contribution in [0.1, 0.15) is 40.7 Å². The minimum atomic E-state index is -0.416. The molecule has 166 valence electrons. The maximum atomic E-state index is 14.0. The summed E-state index contributed by atoms with van der Waals surface area (Å²) in [4.78, 5) is 15.3. The first-order valence-electron chi connectivity index (χ1n) is 11.4. The average molecular weight is 441 g/mol.